The Labute approximate surface area is 233 Å². The predicted octanol–water partition coefficient (Wildman–Crippen LogP) is 6.45. The Kier molecular flexibility index (Phi) is 10.2. The van der Waals surface area contributed by atoms with Crippen molar-refractivity contribution >= 4 is 11.8 Å². The van der Waals surface area contributed by atoms with Crippen LogP contribution >= 0.6 is 0 Å². The molecule has 1 unspecified atom stereocenters. The molecule has 0 bridgehead atoms. The molecule has 1 aliphatic rings. The van der Waals surface area contributed by atoms with Gasteiger partial charge in [0.2, 0.25) is 11.8 Å². The number of hydrogen-bond acceptors (Lipinski definition) is 3. The lowest BCUT2D eigenvalue weighted by Crippen LogP contribution is -2.52. The van der Waals surface area contributed by atoms with Crippen LogP contribution in [0.2, 0.25) is 0 Å². The summed E-state index contributed by atoms with van der Waals surface area (Å²) in [5.41, 5.74) is 4.40. The normalized spacial score (nSPS) is 14.3. The first-order valence-electron chi connectivity index (χ1n) is 14.3. The second kappa shape index (κ2) is 14.0. The van der Waals surface area contributed by atoms with E-state index in [1.807, 2.05) is 54.6 Å². The zero-order valence-electron chi connectivity index (χ0n) is 23.6. The summed E-state index contributed by atoms with van der Waals surface area (Å²) in [4.78, 5) is 29.5. The van der Waals surface area contributed by atoms with Gasteiger partial charge >= 0.3 is 0 Å². The van der Waals surface area contributed by atoms with Gasteiger partial charge in [-0.1, -0.05) is 93.4 Å². The van der Waals surface area contributed by atoms with Crippen LogP contribution < -0.4 is 10.1 Å². The number of carbonyl (C=O) groups is 2. The van der Waals surface area contributed by atoms with Gasteiger partial charge in [0.25, 0.3) is 0 Å². The molecule has 0 aliphatic heterocycles. The number of hydrogen-bond donors (Lipinski definition) is 1. The Hall–Kier alpha value is -3.60. The molecule has 39 heavy (non-hydrogen) atoms. The van der Waals surface area contributed by atoms with E-state index in [-0.39, 0.29) is 17.9 Å². The minimum absolute atomic E-state index is 0.0201. The number of ether oxygens (including phenoxy) is 1. The van der Waals surface area contributed by atoms with Crippen molar-refractivity contribution in [2.24, 2.45) is 0 Å². The lowest BCUT2D eigenvalue weighted by Gasteiger charge is -2.32. The van der Waals surface area contributed by atoms with Gasteiger partial charge in [-0.05, 0) is 59.6 Å². The molecule has 3 aromatic rings. The number of amides is 2. The highest BCUT2D eigenvalue weighted by atomic mass is 16.5. The highest BCUT2D eigenvalue weighted by molar-refractivity contribution is 5.88. The highest BCUT2D eigenvalue weighted by Crippen LogP contribution is 2.22. The van der Waals surface area contributed by atoms with Crippen molar-refractivity contribution in [1.82, 2.24) is 10.2 Å². The maximum atomic E-state index is 13.9. The van der Waals surface area contributed by atoms with Gasteiger partial charge in [-0.2, -0.15) is 0 Å². The van der Waals surface area contributed by atoms with Crippen molar-refractivity contribution in [2.75, 3.05) is 7.11 Å². The smallest absolute Gasteiger partial charge is 0.243 e. The van der Waals surface area contributed by atoms with E-state index in [0.29, 0.717) is 31.7 Å². The zero-order chi connectivity index (χ0) is 27.6. The van der Waals surface area contributed by atoms with Crippen LogP contribution in [-0.4, -0.2) is 35.9 Å². The van der Waals surface area contributed by atoms with Gasteiger partial charge in [-0.25, -0.2) is 0 Å². The number of aryl methyl sites for hydroxylation is 1. The number of carbonyl (C=O) groups excluding carboxylic acids is 2. The van der Waals surface area contributed by atoms with Gasteiger partial charge in [-0.15, -0.1) is 0 Å². The summed E-state index contributed by atoms with van der Waals surface area (Å²) in [6, 6.07) is 25.8. The average Bonchev–Trinajstić information content (AvgIpc) is 3.47. The molecule has 0 radical (unpaired) electrons. The minimum atomic E-state index is -0.602. The van der Waals surface area contributed by atoms with Crippen molar-refractivity contribution in [3.63, 3.8) is 0 Å². The first-order chi connectivity index (χ1) is 18.9. The van der Waals surface area contributed by atoms with Crippen molar-refractivity contribution in [2.45, 2.75) is 83.3 Å². The molecule has 206 valence electrons. The predicted molar refractivity (Wildman–Crippen MR) is 157 cm³/mol. The second-order valence-electron chi connectivity index (χ2n) is 11.0. The van der Waals surface area contributed by atoms with E-state index in [1.54, 1.807) is 12.0 Å². The Morgan fingerprint density at radius 3 is 2.26 bits per heavy atom. The van der Waals surface area contributed by atoms with E-state index in [2.05, 4.69) is 43.4 Å². The Morgan fingerprint density at radius 1 is 0.897 bits per heavy atom. The van der Waals surface area contributed by atoms with Crippen molar-refractivity contribution in [3.8, 4) is 5.75 Å². The van der Waals surface area contributed by atoms with Gasteiger partial charge in [0, 0.05) is 25.4 Å². The molecule has 1 aliphatic carbocycles. The third kappa shape index (κ3) is 8.19. The number of benzene rings is 3. The molecule has 1 atom stereocenters. The van der Waals surface area contributed by atoms with Crippen molar-refractivity contribution in [3.05, 3.63) is 101 Å². The lowest BCUT2D eigenvalue weighted by atomic mass is 9.99. The number of nitrogens with zero attached hydrogens (tertiary/aromatic N) is 1. The van der Waals surface area contributed by atoms with Crippen LogP contribution in [0.3, 0.4) is 0 Å². The first-order valence-corrected chi connectivity index (χ1v) is 14.3. The SMILES string of the molecule is COc1cccc(CN(C(=O)CCc2ccc(C(C)C)cc2)C(Cc2ccccc2)C(=O)NC2CCCC2)c1. The largest absolute Gasteiger partial charge is 0.497 e. The summed E-state index contributed by atoms with van der Waals surface area (Å²) in [5.74, 6) is 1.12. The maximum absolute atomic E-state index is 13.9. The summed E-state index contributed by atoms with van der Waals surface area (Å²) in [5, 5.41) is 3.28. The molecule has 1 fully saturated rings. The third-order valence-electron chi connectivity index (χ3n) is 7.73. The fourth-order valence-electron chi connectivity index (χ4n) is 5.35. The van der Waals surface area contributed by atoms with E-state index < -0.39 is 6.04 Å². The molecule has 0 saturated heterocycles. The molecule has 4 rings (SSSR count). The summed E-state index contributed by atoms with van der Waals surface area (Å²) >= 11 is 0. The van der Waals surface area contributed by atoms with Crippen LogP contribution in [0.1, 0.15) is 74.1 Å². The molecule has 5 heteroatoms. The molecule has 1 N–H and O–H groups in total. The maximum Gasteiger partial charge on any atom is 0.243 e. The molecule has 0 heterocycles. The van der Waals surface area contributed by atoms with Gasteiger partial charge in [0.05, 0.1) is 7.11 Å². The molecular weight excluding hydrogens is 484 g/mol. The lowest BCUT2D eigenvalue weighted by molar-refractivity contribution is -0.141. The topological polar surface area (TPSA) is 58.6 Å². The van der Waals surface area contributed by atoms with Crippen LogP contribution in [0.4, 0.5) is 0 Å². The average molecular weight is 527 g/mol. The molecule has 1 saturated carbocycles. The van der Waals surface area contributed by atoms with E-state index in [0.717, 1.165) is 48.1 Å². The van der Waals surface area contributed by atoms with Gasteiger partial charge < -0.3 is 15.0 Å². The van der Waals surface area contributed by atoms with Crippen LogP contribution in [0.5, 0.6) is 5.75 Å². The number of rotatable bonds is 12. The van der Waals surface area contributed by atoms with Gasteiger partial charge in [-0.3, -0.25) is 9.59 Å². The molecule has 0 aromatic heterocycles. The monoisotopic (exact) mass is 526 g/mol. The quantitative estimate of drug-likeness (QED) is 0.295. The standard InChI is InChI=1S/C34H42N2O3/c1-25(2)29-19-16-26(17-20-29)18-21-33(37)36(24-28-12-9-15-31(22-28)39-3)32(23-27-10-5-4-6-11-27)34(38)35-30-13-7-8-14-30/h4-6,9-12,15-17,19-20,22,25,30,32H,7-8,13-14,18,21,23-24H2,1-3H3,(H,35,38). The minimum Gasteiger partial charge on any atom is -0.497 e. The van der Waals surface area contributed by atoms with Gasteiger partial charge in [0.15, 0.2) is 0 Å². The Balaban J connectivity index is 1.60. The van der Waals surface area contributed by atoms with Crippen LogP contribution in [0, 0.1) is 0 Å². The molecular formula is C34H42N2O3. The highest BCUT2D eigenvalue weighted by Gasteiger charge is 2.32. The van der Waals surface area contributed by atoms with Crippen molar-refractivity contribution in [1.29, 1.82) is 0 Å². The Bertz CT molecular complexity index is 1200. The second-order valence-corrected chi connectivity index (χ2v) is 11.0. The summed E-state index contributed by atoms with van der Waals surface area (Å²) < 4.78 is 5.44. The number of nitrogens with one attached hydrogen (secondary N) is 1. The first kappa shape index (κ1) is 28.4. The van der Waals surface area contributed by atoms with E-state index in [9.17, 15) is 9.59 Å². The molecule has 0 spiro atoms. The van der Waals surface area contributed by atoms with E-state index >= 15 is 0 Å². The summed E-state index contributed by atoms with van der Waals surface area (Å²) in [6.45, 7) is 4.70. The van der Waals surface area contributed by atoms with Crippen molar-refractivity contribution < 1.29 is 14.3 Å². The fourth-order valence-corrected chi connectivity index (χ4v) is 5.35. The third-order valence-corrected chi connectivity index (χ3v) is 7.73. The zero-order valence-corrected chi connectivity index (χ0v) is 23.6. The molecule has 2 amide bonds. The summed E-state index contributed by atoms with van der Waals surface area (Å²) in [6.07, 6.45) is 5.71. The van der Waals surface area contributed by atoms with E-state index in [1.165, 1.54) is 5.56 Å². The molecule has 3 aromatic carbocycles. The van der Waals surface area contributed by atoms with Crippen LogP contribution in [0.15, 0.2) is 78.9 Å². The van der Waals surface area contributed by atoms with Crippen LogP contribution in [0.25, 0.3) is 0 Å². The van der Waals surface area contributed by atoms with Crippen LogP contribution in [-0.2, 0) is 29.0 Å². The Morgan fingerprint density at radius 2 is 1.59 bits per heavy atom. The van der Waals surface area contributed by atoms with Gasteiger partial charge in [0.1, 0.15) is 11.8 Å². The molecule has 5 nitrogen and oxygen atoms in total. The summed E-state index contributed by atoms with van der Waals surface area (Å²) in [7, 11) is 1.64. The van der Waals surface area contributed by atoms with E-state index in [4.69, 9.17) is 4.74 Å². The number of methoxy groups -OCH3 is 1. The fraction of sp³-hybridized carbons (Fsp3) is 0.412.